The van der Waals surface area contributed by atoms with Gasteiger partial charge in [-0.1, -0.05) is 331 Å². The molecule has 0 aromatic carbocycles. The second-order valence-corrected chi connectivity index (χ2v) is 26.7. The molecule has 1 aliphatic heterocycles. The summed E-state index contributed by atoms with van der Waals surface area (Å²) in [6, 6.07) is -1.03. The second-order valence-electron chi connectivity index (χ2n) is 26.7. The van der Waals surface area contributed by atoms with E-state index in [1.54, 1.807) is 6.08 Å². The molecule has 91 heavy (non-hydrogen) atoms. The molecule has 0 spiro atoms. The summed E-state index contributed by atoms with van der Waals surface area (Å²) in [7, 11) is 0. The van der Waals surface area contributed by atoms with Gasteiger partial charge in [-0.2, -0.15) is 0 Å². The number of hydrogen-bond donors (Lipinski definition) is 6. The first-order valence-electron chi connectivity index (χ1n) is 38.7. The lowest BCUT2D eigenvalue weighted by Gasteiger charge is -2.41. The van der Waals surface area contributed by atoms with Crippen molar-refractivity contribution in [3.63, 3.8) is 0 Å². The van der Waals surface area contributed by atoms with Gasteiger partial charge in [0.05, 0.1) is 25.4 Å². The van der Waals surface area contributed by atoms with Crippen molar-refractivity contribution in [3.8, 4) is 0 Å². The maximum atomic E-state index is 13.5. The Kier molecular flexibility index (Phi) is 63.5. The number of aliphatic hydroxyl groups is 5. The Labute approximate surface area is 560 Å². The van der Waals surface area contributed by atoms with E-state index in [4.69, 9.17) is 14.2 Å². The quantitative estimate of drug-likeness (QED) is 0.0195. The molecule has 6 N–H and O–H groups in total. The normalized spacial score (nSPS) is 18.4. The van der Waals surface area contributed by atoms with E-state index < -0.39 is 67.4 Å². The first-order valence-corrected chi connectivity index (χ1v) is 38.7. The number of amides is 1. The minimum Gasteiger partial charge on any atom is -0.454 e. The lowest BCUT2D eigenvalue weighted by Crippen LogP contribution is -2.61. The summed E-state index contributed by atoms with van der Waals surface area (Å²) < 4.78 is 17.7. The van der Waals surface area contributed by atoms with Gasteiger partial charge in [0.1, 0.15) is 24.4 Å². The van der Waals surface area contributed by atoms with Crippen molar-refractivity contribution in [2.45, 2.75) is 410 Å². The third kappa shape index (κ3) is 54.0. The molecule has 1 fully saturated rings. The zero-order valence-corrected chi connectivity index (χ0v) is 59.2. The first kappa shape index (κ1) is 86.1. The molecule has 11 heteroatoms. The Bertz CT molecular complexity index is 1760. The fourth-order valence-corrected chi connectivity index (χ4v) is 12.0. The van der Waals surface area contributed by atoms with Crippen LogP contribution in [0.2, 0.25) is 0 Å². The van der Waals surface area contributed by atoms with Gasteiger partial charge in [-0.25, -0.2) is 0 Å². The van der Waals surface area contributed by atoms with Gasteiger partial charge >= 0.3 is 5.97 Å². The number of ether oxygens (including phenoxy) is 3. The molecule has 8 unspecified atom stereocenters. The van der Waals surface area contributed by atoms with Gasteiger partial charge in [0, 0.05) is 6.42 Å². The van der Waals surface area contributed by atoms with Crippen molar-refractivity contribution in [2.24, 2.45) is 0 Å². The fourth-order valence-electron chi connectivity index (χ4n) is 12.0. The average molecular weight is 1280 g/mol. The molecule has 0 saturated carbocycles. The van der Waals surface area contributed by atoms with Gasteiger partial charge in [-0.15, -0.1) is 0 Å². The van der Waals surface area contributed by atoms with E-state index in [1.165, 1.54) is 238 Å². The van der Waals surface area contributed by atoms with Crippen molar-refractivity contribution in [2.75, 3.05) is 13.2 Å². The lowest BCUT2D eigenvalue weighted by atomic mass is 9.99. The topological polar surface area (TPSA) is 175 Å². The van der Waals surface area contributed by atoms with Crippen molar-refractivity contribution in [3.05, 3.63) is 72.9 Å². The van der Waals surface area contributed by atoms with Crippen LogP contribution in [0.15, 0.2) is 72.9 Å². The van der Waals surface area contributed by atoms with Crippen LogP contribution in [0.3, 0.4) is 0 Å². The highest BCUT2D eigenvalue weighted by atomic mass is 16.7. The molecule has 1 amide bonds. The third-order valence-corrected chi connectivity index (χ3v) is 18.1. The van der Waals surface area contributed by atoms with Gasteiger partial charge in [-0.3, -0.25) is 9.59 Å². The molecule has 1 rings (SSSR count). The SMILES string of the molecule is CCCCC/C=C\C/C=C\C/C=C\CCCCCCCCCCCCCCCCC(=O)OC1C(OCC(NC(=O)C(O)CCCCCCCCCCCCCCCC/C=C\C/C=C\CCCCC)C(O)/C=C/CCCCCCCCCCC)OC(CO)C(O)C1O. The minimum absolute atomic E-state index is 0.123. The van der Waals surface area contributed by atoms with E-state index in [-0.39, 0.29) is 13.0 Å². The van der Waals surface area contributed by atoms with E-state index in [0.29, 0.717) is 19.3 Å². The summed E-state index contributed by atoms with van der Waals surface area (Å²) in [6.45, 7) is 5.78. The lowest BCUT2D eigenvalue weighted by molar-refractivity contribution is -0.305. The zero-order chi connectivity index (χ0) is 66.0. The molecule has 530 valence electrons. The molecule has 1 aliphatic rings. The minimum atomic E-state index is -1.62. The molecule has 1 saturated heterocycles. The van der Waals surface area contributed by atoms with Crippen LogP contribution >= 0.6 is 0 Å². The Balaban J connectivity index is 2.48. The van der Waals surface area contributed by atoms with Crippen LogP contribution in [-0.2, 0) is 23.8 Å². The molecule has 1 heterocycles. The van der Waals surface area contributed by atoms with Crippen molar-refractivity contribution in [1.29, 1.82) is 0 Å². The number of allylic oxidation sites excluding steroid dienone is 11. The molecular formula is C80H145NO10. The Morgan fingerprint density at radius 3 is 1.15 bits per heavy atom. The monoisotopic (exact) mass is 1280 g/mol. The van der Waals surface area contributed by atoms with Crippen molar-refractivity contribution < 1.29 is 49.3 Å². The Morgan fingerprint density at radius 2 is 0.758 bits per heavy atom. The van der Waals surface area contributed by atoms with Crippen LogP contribution in [0.1, 0.15) is 361 Å². The summed E-state index contributed by atoms with van der Waals surface area (Å²) in [5, 5.41) is 57.4. The summed E-state index contributed by atoms with van der Waals surface area (Å²) in [5.41, 5.74) is 0. The van der Waals surface area contributed by atoms with Crippen LogP contribution in [0.25, 0.3) is 0 Å². The highest BCUT2D eigenvalue weighted by Gasteiger charge is 2.47. The van der Waals surface area contributed by atoms with Crippen LogP contribution < -0.4 is 5.32 Å². The van der Waals surface area contributed by atoms with E-state index in [0.717, 1.165) is 77.0 Å². The van der Waals surface area contributed by atoms with Gasteiger partial charge < -0.3 is 45.1 Å². The number of carbonyl (C=O) groups excluding carboxylic acids is 2. The molecule has 8 atom stereocenters. The van der Waals surface area contributed by atoms with Crippen LogP contribution in [-0.4, -0.2) is 99.6 Å². The maximum Gasteiger partial charge on any atom is 0.306 e. The number of unbranched alkanes of at least 4 members (excludes halogenated alkanes) is 43. The van der Waals surface area contributed by atoms with Crippen molar-refractivity contribution in [1.82, 2.24) is 5.32 Å². The smallest absolute Gasteiger partial charge is 0.306 e. The van der Waals surface area contributed by atoms with E-state index in [2.05, 4.69) is 86.8 Å². The summed E-state index contributed by atoms with van der Waals surface area (Å²) in [5.74, 6) is -1.18. The average Bonchev–Trinajstić information content (AvgIpc) is 1.14. The molecule has 0 aromatic heterocycles. The third-order valence-electron chi connectivity index (χ3n) is 18.1. The predicted octanol–water partition coefficient (Wildman–Crippen LogP) is 20.6. The highest BCUT2D eigenvalue weighted by Crippen LogP contribution is 2.27. The number of rotatable bonds is 67. The number of nitrogens with one attached hydrogen (secondary N) is 1. The van der Waals surface area contributed by atoms with Gasteiger partial charge in [0.15, 0.2) is 12.4 Å². The predicted molar refractivity (Wildman–Crippen MR) is 384 cm³/mol. The number of esters is 1. The summed E-state index contributed by atoms with van der Waals surface area (Å²) >= 11 is 0. The van der Waals surface area contributed by atoms with Crippen LogP contribution in [0.4, 0.5) is 0 Å². The number of carbonyl (C=O) groups is 2. The zero-order valence-electron chi connectivity index (χ0n) is 59.2. The van der Waals surface area contributed by atoms with Gasteiger partial charge in [0.2, 0.25) is 5.91 Å². The van der Waals surface area contributed by atoms with E-state index in [1.807, 2.05) is 6.08 Å². The summed E-state index contributed by atoms with van der Waals surface area (Å²) in [6.07, 6.45) is 78.1. The molecule has 0 aromatic rings. The first-order chi connectivity index (χ1) is 44.7. The molecular weight excluding hydrogens is 1130 g/mol. The standard InChI is InChI=1S/C80H145NO10/c1-4-7-10-13-16-19-22-24-26-28-30-32-34-36-37-38-40-42-44-46-48-50-53-56-59-62-65-68-75(85)91-78-77(87)76(86)74(69-82)90-80(78)89-70-71(72(83)66-63-60-57-54-51-21-18-15-12-9-6-3)81-79(88)73(84)67-64-61-58-55-52-49-47-45-43-41-39-35-33-31-29-27-25-23-20-17-14-11-8-5-2/h16-17,19-20,24-27,30,32,63,66,71-74,76-78,80,82-84,86-87H,4-15,18,21-23,28-29,31,33-62,64-65,67-70H2,1-3H3,(H,81,88)/b19-16-,20-17-,26-24-,27-25-,32-30-,66-63+. The van der Waals surface area contributed by atoms with Crippen molar-refractivity contribution >= 4 is 11.9 Å². The van der Waals surface area contributed by atoms with Gasteiger partial charge in [-0.05, 0) is 96.3 Å². The maximum absolute atomic E-state index is 13.5. The van der Waals surface area contributed by atoms with E-state index >= 15 is 0 Å². The molecule has 11 nitrogen and oxygen atoms in total. The fraction of sp³-hybridized carbons (Fsp3) is 0.825. The molecule has 0 radical (unpaired) electrons. The Hall–Kier alpha value is -2.90. The highest BCUT2D eigenvalue weighted by molar-refractivity contribution is 5.80. The molecule has 0 aliphatic carbocycles. The molecule has 0 bridgehead atoms. The number of hydrogen-bond acceptors (Lipinski definition) is 10. The second kappa shape index (κ2) is 67.1. The van der Waals surface area contributed by atoms with Crippen LogP contribution in [0, 0.1) is 0 Å². The van der Waals surface area contributed by atoms with E-state index in [9.17, 15) is 35.1 Å². The number of aliphatic hydroxyl groups excluding tert-OH is 5. The van der Waals surface area contributed by atoms with Gasteiger partial charge in [0.25, 0.3) is 0 Å². The largest absolute Gasteiger partial charge is 0.454 e. The summed E-state index contributed by atoms with van der Waals surface area (Å²) in [4.78, 5) is 26.7. The Morgan fingerprint density at radius 1 is 0.429 bits per heavy atom. The van der Waals surface area contributed by atoms with Crippen LogP contribution in [0.5, 0.6) is 0 Å².